The van der Waals surface area contributed by atoms with Gasteiger partial charge in [0.1, 0.15) is 17.6 Å². The van der Waals surface area contributed by atoms with Gasteiger partial charge in [0.05, 0.1) is 17.5 Å². The van der Waals surface area contributed by atoms with Gasteiger partial charge in [-0.15, -0.1) is 11.3 Å². The highest BCUT2D eigenvalue weighted by molar-refractivity contribution is 7.22. The van der Waals surface area contributed by atoms with E-state index in [-0.39, 0.29) is 0 Å². The molecule has 0 amide bonds. The van der Waals surface area contributed by atoms with Gasteiger partial charge in [-0.1, -0.05) is 13.0 Å². The van der Waals surface area contributed by atoms with Crippen molar-refractivity contribution in [3.63, 3.8) is 0 Å². The number of nitrogens with one attached hydrogen (secondary N) is 1. The lowest BCUT2D eigenvalue weighted by Crippen LogP contribution is -2.32. The number of hydrogen-bond donors (Lipinski definition) is 2. The number of aromatic nitrogens is 3. The maximum absolute atomic E-state index is 6.34. The summed E-state index contributed by atoms with van der Waals surface area (Å²) in [6.45, 7) is 8.24. The molecule has 4 aromatic rings. The first kappa shape index (κ1) is 20.2. The van der Waals surface area contributed by atoms with Gasteiger partial charge < -0.3 is 15.8 Å². The standard InChI is InChI=1S/C23H28N6OS/c1-4-25-16-5-6-28(11-16)12-17-10-18(21-23(24)26-13-27-29(17)21)20-9-15-7-14(2)8-19(30-3)22(15)31-20/h7-10,13,16,25H,4-6,11-12H2,1-3H3,(H2,24,26,27). The summed E-state index contributed by atoms with van der Waals surface area (Å²) in [6.07, 6.45) is 2.72. The molecular formula is C23H28N6OS. The van der Waals surface area contributed by atoms with Crippen LogP contribution in [0, 0.1) is 6.92 Å². The molecule has 7 nitrogen and oxygen atoms in total. The zero-order chi connectivity index (χ0) is 21.5. The number of methoxy groups -OCH3 is 1. The number of nitrogens with two attached hydrogens (primary N) is 1. The van der Waals surface area contributed by atoms with E-state index in [9.17, 15) is 0 Å². The van der Waals surface area contributed by atoms with Crippen molar-refractivity contribution < 1.29 is 4.74 Å². The number of anilines is 1. The third-order valence-corrected chi connectivity index (χ3v) is 7.22. The lowest BCUT2D eigenvalue weighted by molar-refractivity contribution is 0.314. The minimum Gasteiger partial charge on any atom is -0.495 e. The number of fused-ring (bicyclic) bond motifs is 2. The second-order valence-corrected chi connectivity index (χ2v) is 9.28. The normalized spacial score (nSPS) is 17.2. The van der Waals surface area contributed by atoms with Crippen LogP contribution in [-0.2, 0) is 6.54 Å². The summed E-state index contributed by atoms with van der Waals surface area (Å²) < 4.78 is 8.74. The Bertz CT molecular complexity index is 1250. The van der Waals surface area contributed by atoms with Crippen molar-refractivity contribution in [2.75, 3.05) is 32.5 Å². The lowest BCUT2D eigenvalue weighted by atomic mass is 10.1. The smallest absolute Gasteiger partial charge is 0.152 e. The Hall–Kier alpha value is -2.68. The highest BCUT2D eigenvalue weighted by atomic mass is 32.1. The van der Waals surface area contributed by atoms with Crippen LogP contribution in [0.1, 0.15) is 24.6 Å². The van der Waals surface area contributed by atoms with Crippen LogP contribution < -0.4 is 15.8 Å². The molecule has 3 aromatic heterocycles. The number of likely N-dealkylation sites (N-methyl/N-ethyl adjacent to an activating group) is 1. The third-order valence-electron chi connectivity index (χ3n) is 6.02. The molecule has 162 valence electrons. The first-order valence-electron chi connectivity index (χ1n) is 10.7. The van der Waals surface area contributed by atoms with Gasteiger partial charge in [-0.3, -0.25) is 4.90 Å². The molecule has 8 heteroatoms. The number of thiophene rings is 1. The largest absolute Gasteiger partial charge is 0.495 e. The predicted octanol–water partition coefficient (Wildman–Crippen LogP) is 3.69. The zero-order valence-corrected chi connectivity index (χ0v) is 19.0. The third kappa shape index (κ3) is 3.64. The molecule has 0 bridgehead atoms. The Morgan fingerprint density at radius 1 is 1.29 bits per heavy atom. The van der Waals surface area contributed by atoms with Crippen molar-refractivity contribution in [3.8, 4) is 16.2 Å². The highest BCUT2D eigenvalue weighted by Gasteiger charge is 2.24. The molecule has 0 aliphatic carbocycles. The van der Waals surface area contributed by atoms with Crippen molar-refractivity contribution in [1.29, 1.82) is 0 Å². The van der Waals surface area contributed by atoms with E-state index >= 15 is 0 Å². The van der Waals surface area contributed by atoms with Crippen LogP contribution in [0.4, 0.5) is 5.82 Å². The Morgan fingerprint density at radius 3 is 2.97 bits per heavy atom. The Morgan fingerprint density at radius 2 is 2.16 bits per heavy atom. The number of benzene rings is 1. The fourth-order valence-corrected chi connectivity index (χ4v) is 5.79. The molecular weight excluding hydrogens is 408 g/mol. The van der Waals surface area contributed by atoms with Crippen molar-refractivity contribution in [2.45, 2.75) is 32.9 Å². The molecule has 1 unspecified atom stereocenters. The highest BCUT2D eigenvalue weighted by Crippen LogP contribution is 2.42. The Labute approximate surface area is 185 Å². The van der Waals surface area contributed by atoms with Crippen molar-refractivity contribution in [3.05, 3.63) is 41.9 Å². The fraction of sp³-hybridized carbons (Fsp3) is 0.391. The molecule has 3 N–H and O–H groups in total. The summed E-state index contributed by atoms with van der Waals surface area (Å²) in [4.78, 5) is 7.91. The second-order valence-electron chi connectivity index (χ2n) is 8.23. The van der Waals surface area contributed by atoms with E-state index in [2.05, 4.69) is 58.4 Å². The average Bonchev–Trinajstić information content (AvgIpc) is 3.46. The number of rotatable bonds is 6. The molecule has 1 atom stereocenters. The molecule has 0 saturated carbocycles. The summed E-state index contributed by atoms with van der Waals surface area (Å²) in [6, 6.07) is 9.29. The van der Waals surface area contributed by atoms with Crippen LogP contribution in [0.15, 0.2) is 30.6 Å². The summed E-state index contributed by atoms with van der Waals surface area (Å²) >= 11 is 1.72. The summed E-state index contributed by atoms with van der Waals surface area (Å²) in [5.74, 6) is 1.41. The maximum atomic E-state index is 6.34. The van der Waals surface area contributed by atoms with Gasteiger partial charge in [-0.05, 0) is 49.0 Å². The monoisotopic (exact) mass is 436 g/mol. The van der Waals surface area contributed by atoms with E-state index < -0.39 is 0 Å². The van der Waals surface area contributed by atoms with Crippen LogP contribution in [0.3, 0.4) is 0 Å². The number of ether oxygens (including phenoxy) is 1. The topological polar surface area (TPSA) is 80.7 Å². The van der Waals surface area contributed by atoms with Gasteiger partial charge in [-0.2, -0.15) is 5.10 Å². The number of nitrogens with zero attached hydrogens (tertiary/aromatic N) is 4. The first-order valence-corrected chi connectivity index (χ1v) is 11.5. The van der Waals surface area contributed by atoms with Gasteiger partial charge in [0.25, 0.3) is 0 Å². The van der Waals surface area contributed by atoms with E-state index in [1.54, 1.807) is 24.8 Å². The van der Waals surface area contributed by atoms with Crippen LogP contribution in [0.25, 0.3) is 26.0 Å². The molecule has 4 heterocycles. The van der Waals surface area contributed by atoms with Gasteiger partial charge in [0.15, 0.2) is 5.82 Å². The van der Waals surface area contributed by atoms with Crippen LogP contribution in [0.5, 0.6) is 5.75 Å². The van der Waals surface area contributed by atoms with E-state index in [0.29, 0.717) is 11.9 Å². The molecule has 0 radical (unpaired) electrons. The number of aryl methyl sites for hydroxylation is 1. The number of likely N-dealkylation sites (tertiary alicyclic amines) is 1. The van der Waals surface area contributed by atoms with Crippen LogP contribution in [-0.4, -0.2) is 52.3 Å². The van der Waals surface area contributed by atoms with Gasteiger partial charge >= 0.3 is 0 Å². The molecule has 1 aromatic carbocycles. The van der Waals surface area contributed by atoms with Crippen molar-refractivity contribution in [2.24, 2.45) is 0 Å². The average molecular weight is 437 g/mol. The number of nitrogen functional groups attached to an aromatic ring is 1. The van der Waals surface area contributed by atoms with Crippen LogP contribution >= 0.6 is 11.3 Å². The van der Waals surface area contributed by atoms with Crippen LogP contribution in [0.2, 0.25) is 0 Å². The SMILES string of the molecule is CCNC1CCN(Cc2cc(-c3cc4cc(C)cc(OC)c4s3)c3c(N)ncnn23)C1. The van der Waals surface area contributed by atoms with E-state index in [0.717, 1.165) is 58.3 Å². The van der Waals surface area contributed by atoms with E-state index in [1.165, 1.54) is 17.4 Å². The lowest BCUT2D eigenvalue weighted by Gasteiger charge is -2.16. The van der Waals surface area contributed by atoms with E-state index in [4.69, 9.17) is 10.5 Å². The minimum absolute atomic E-state index is 0.504. The summed E-state index contributed by atoms with van der Waals surface area (Å²) in [7, 11) is 1.72. The molecule has 5 rings (SSSR count). The molecule has 1 aliphatic rings. The van der Waals surface area contributed by atoms with E-state index in [1.807, 2.05) is 4.52 Å². The molecule has 0 spiro atoms. The van der Waals surface area contributed by atoms with Crippen molar-refractivity contribution in [1.82, 2.24) is 24.8 Å². The molecule has 31 heavy (non-hydrogen) atoms. The first-order chi connectivity index (χ1) is 15.1. The number of hydrogen-bond acceptors (Lipinski definition) is 7. The molecule has 1 aliphatic heterocycles. The van der Waals surface area contributed by atoms with Gasteiger partial charge in [0.2, 0.25) is 0 Å². The Kier molecular flexibility index (Phi) is 5.29. The zero-order valence-electron chi connectivity index (χ0n) is 18.2. The minimum atomic E-state index is 0.504. The molecule has 1 saturated heterocycles. The predicted molar refractivity (Wildman–Crippen MR) is 127 cm³/mol. The maximum Gasteiger partial charge on any atom is 0.152 e. The van der Waals surface area contributed by atoms with Gasteiger partial charge in [0, 0.05) is 36.1 Å². The fourth-order valence-electron chi connectivity index (χ4n) is 4.64. The quantitative estimate of drug-likeness (QED) is 0.480. The Balaban J connectivity index is 1.58. The van der Waals surface area contributed by atoms with Gasteiger partial charge in [-0.25, -0.2) is 9.50 Å². The summed E-state index contributed by atoms with van der Waals surface area (Å²) in [5, 5.41) is 9.30. The second kappa shape index (κ2) is 8.11. The summed E-state index contributed by atoms with van der Waals surface area (Å²) in [5.41, 5.74) is 10.6. The molecule has 1 fully saturated rings. The van der Waals surface area contributed by atoms with Crippen molar-refractivity contribution >= 4 is 32.8 Å².